The molecule has 3 unspecified atom stereocenters. The van der Waals surface area contributed by atoms with Gasteiger partial charge in [-0.1, -0.05) is 34.1 Å². The fraction of sp³-hybridized carbons (Fsp3) is 1.00. The minimum Gasteiger partial charge on any atom is -0.385 e. The van der Waals surface area contributed by atoms with Gasteiger partial charge in [-0.15, -0.1) is 0 Å². The Morgan fingerprint density at radius 1 is 0.800 bits per heavy atom. The van der Waals surface area contributed by atoms with Crippen LogP contribution in [0.5, 0.6) is 0 Å². The molecule has 4 heteroatoms. The van der Waals surface area contributed by atoms with Gasteiger partial charge in [-0.05, 0) is 84.5 Å². The van der Waals surface area contributed by atoms with Crippen LogP contribution in [-0.4, -0.2) is 50.8 Å². The first-order chi connectivity index (χ1) is 14.1. The van der Waals surface area contributed by atoms with Crippen molar-refractivity contribution in [3.63, 3.8) is 0 Å². The molecule has 0 aliphatic carbocycles. The number of unbranched alkanes of at least 4 members (excludes halogenated alkanes) is 1. The molecule has 0 N–H and O–H groups in total. The Morgan fingerprint density at radius 3 is 1.97 bits per heavy atom. The smallest absolute Gasteiger partial charge is 0.0713 e. The summed E-state index contributed by atoms with van der Waals surface area (Å²) in [7, 11) is 1.78. The Kier molecular flexibility index (Phi) is 16.4. The van der Waals surface area contributed by atoms with Crippen LogP contribution in [0.4, 0.5) is 0 Å². The highest BCUT2D eigenvalue weighted by Crippen LogP contribution is 2.37. The molecule has 0 spiro atoms. The summed E-state index contributed by atoms with van der Waals surface area (Å²) in [4.78, 5) is 0. The number of hydrogen-bond acceptors (Lipinski definition) is 4. The van der Waals surface area contributed by atoms with E-state index in [1.165, 1.54) is 12.8 Å². The van der Waals surface area contributed by atoms with Crippen LogP contribution in [0.1, 0.15) is 107 Å². The summed E-state index contributed by atoms with van der Waals surface area (Å²) in [5.41, 5.74) is -0.193. The zero-order valence-electron chi connectivity index (χ0n) is 21.9. The topological polar surface area (TPSA) is 36.9 Å². The minimum atomic E-state index is -0.106. The SMILES string of the molecule is CCC(C)OC(CCCOCC(C)C)(CCCOC(C)(C)C)C(C)CCCCOC. The average Bonchev–Trinajstić information content (AvgIpc) is 2.66. The molecule has 3 atom stereocenters. The number of methoxy groups -OCH3 is 1. The summed E-state index contributed by atoms with van der Waals surface area (Å²) < 4.78 is 24.0. The third-order valence-electron chi connectivity index (χ3n) is 5.76. The third kappa shape index (κ3) is 14.8. The molecule has 0 heterocycles. The van der Waals surface area contributed by atoms with Gasteiger partial charge in [0.1, 0.15) is 0 Å². The van der Waals surface area contributed by atoms with Gasteiger partial charge in [-0.2, -0.15) is 0 Å². The van der Waals surface area contributed by atoms with Gasteiger partial charge in [0.25, 0.3) is 0 Å². The molecule has 0 fully saturated rings. The molecule has 0 bridgehead atoms. The normalized spacial score (nSPS) is 16.6. The summed E-state index contributed by atoms with van der Waals surface area (Å²) in [6.07, 6.45) is 8.96. The second-order valence-corrected chi connectivity index (χ2v) is 10.4. The molecule has 0 saturated heterocycles. The lowest BCUT2D eigenvalue weighted by Crippen LogP contribution is -2.43. The van der Waals surface area contributed by atoms with Crippen molar-refractivity contribution < 1.29 is 18.9 Å². The standard InChI is InChI=1S/C26H54O4/c1-10-24(5)30-26(16-13-19-28-21-22(2)3,17-14-20-29-25(6,7)8)23(4)15-11-12-18-27-9/h22-24H,10-21H2,1-9H3. The lowest BCUT2D eigenvalue weighted by molar-refractivity contribution is -0.138. The summed E-state index contributed by atoms with van der Waals surface area (Å²) in [6.45, 7) is 20.9. The van der Waals surface area contributed by atoms with Gasteiger partial charge in [-0.3, -0.25) is 0 Å². The zero-order valence-corrected chi connectivity index (χ0v) is 21.9. The molecule has 0 aromatic heterocycles. The maximum atomic E-state index is 6.82. The molecular formula is C26H54O4. The van der Waals surface area contributed by atoms with E-state index in [2.05, 4.69) is 55.4 Å². The zero-order chi connectivity index (χ0) is 23.0. The molecule has 0 rings (SSSR count). The number of hydrogen-bond donors (Lipinski definition) is 0. The van der Waals surface area contributed by atoms with E-state index in [4.69, 9.17) is 18.9 Å². The molecule has 0 aliphatic heterocycles. The molecule has 0 saturated carbocycles. The Morgan fingerprint density at radius 2 is 1.43 bits per heavy atom. The van der Waals surface area contributed by atoms with Crippen LogP contribution in [0.2, 0.25) is 0 Å². The first-order valence-electron chi connectivity index (χ1n) is 12.4. The van der Waals surface area contributed by atoms with Crippen LogP contribution < -0.4 is 0 Å². The summed E-state index contributed by atoms with van der Waals surface area (Å²) in [6, 6.07) is 0. The van der Waals surface area contributed by atoms with E-state index in [9.17, 15) is 0 Å². The Balaban J connectivity index is 5.12. The van der Waals surface area contributed by atoms with Crippen molar-refractivity contribution in [2.45, 2.75) is 124 Å². The molecule has 30 heavy (non-hydrogen) atoms. The van der Waals surface area contributed by atoms with Crippen LogP contribution in [0, 0.1) is 11.8 Å². The second kappa shape index (κ2) is 16.5. The molecule has 0 amide bonds. The van der Waals surface area contributed by atoms with Gasteiger partial charge >= 0.3 is 0 Å². The van der Waals surface area contributed by atoms with E-state index >= 15 is 0 Å². The van der Waals surface area contributed by atoms with Crippen LogP contribution in [0.15, 0.2) is 0 Å². The van der Waals surface area contributed by atoms with Crippen molar-refractivity contribution in [1.29, 1.82) is 0 Å². The van der Waals surface area contributed by atoms with Crippen LogP contribution in [0.25, 0.3) is 0 Å². The molecule has 182 valence electrons. The van der Waals surface area contributed by atoms with Crippen LogP contribution in [0.3, 0.4) is 0 Å². The molecular weight excluding hydrogens is 376 g/mol. The molecule has 0 aromatic rings. The van der Waals surface area contributed by atoms with E-state index in [-0.39, 0.29) is 17.3 Å². The van der Waals surface area contributed by atoms with E-state index < -0.39 is 0 Å². The largest absolute Gasteiger partial charge is 0.385 e. The maximum absolute atomic E-state index is 6.82. The first kappa shape index (κ1) is 29.8. The van der Waals surface area contributed by atoms with Crippen molar-refractivity contribution >= 4 is 0 Å². The van der Waals surface area contributed by atoms with E-state index in [1.54, 1.807) is 7.11 Å². The maximum Gasteiger partial charge on any atom is 0.0713 e. The van der Waals surface area contributed by atoms with Gasteiger partial charge < -0.3 is 18.9 Å². The van der Waals surface area contributed by atoms with Crippen LogP contribution in [-0.2, 0) is 18.9 Å². The van der Waals surface area contributed by atoms with Crippen molar-refractivity contribution in [1.82, 2.24) is 0 Å². The predicted octanol–water partition coefficient (Wildman–Crippen LogP) is 7.04. The minimum absolute atomic E-state index is 0.0866. The van der Waals surface area contributed by atoms with Crippen molar-refractivity contribution in [2.75, 3.05) is 33.5 Å². The van der Waals surface area contributed by atoms with Gasteiger partial charge in [0, 0.05) is 33.5 Å². The monoisotopic (exact) mass is 430 g/mol. The summed E-state index contributed by atoms with van der Waals surface area (Å²) >= 11 is 0. The van der Waals surface area contributed by atoms with Crippen LogP contribution >= 0.6 is 0 Å². The lowest BCUT2D eigenvalue weighted by Gasteiger charge is -2.42. The molecule has 0 radical (unpaired) electrons. The quantitative estimate of drug-likeness (QED) is 0.206. The van der Waals surface area contributed by atoms with Gasteiger partial charge in [0.05, 0.1) is 17.3 Å². The van der Waals surface area contributed by atoms with E-state index in [0.29, 0.717) is 11.8 Å². The third-order valence-corrected chi connectivity index (χ3v) is 5.76. The predicted molar refractivity (Wildman–Crippen MR) is 128 cm³/mol. The van der Waals surface area contributed by atoms with Gasteiger partial charge in [0.15, 0.2) is 0 Å². The van der Waals surface area contributed by atoms with Gasteiger partial charge in [0.2, 0.25) is 0 Å². The fourth-order valence-corrected chi connectivity index (χ4v) is 3.84. The van der Waals surface area contributed by atoms with Gasteiger partial charge in [-0.25, -0.2) is 0 Å². The number of rotatable bonds is 19. The Bertz CT molecular complexity index is 391. The van der Waals surface area contributed by atoms with Crippen molar-refractivity contribution in [2.24, 2.45) is 11.8 Å². The molecule has 0 aromatic carbocycles. The average molecular weight is 431 g/mol. The van der Waals surface area contributed by atoms with E-state index in [0.717, 1.165) is 65.0 Å². The van der Waals surface area contributed by atoms with Crippen molar-refractivity contribution in [3.05, 3.63) is 0 Å². The highest BCUT2D eigenvalue weighted by molar-refractivity contribution is 4.88. The Hall–Kier alpha value is -0.160. The Labute approximate surface area is 188 Å². The highest BCUT2D eigenvalue weighted by Gasteiger charge is 2.37. The first-order valence-corrected chi connectivity index (χ1v) is 12.4. The second-order valence-electron chi connectivity index (χ2n) is 10.4. The van der Waals surface area contributed by atoms with E-state index in [1.807, 2.05) is 0 Å². The summed E-state index contributed by atoms with van der Waals surface area (Å²) in [5, 5.41) is 0. The number of ether oxygens (including phenoxy) is 4. The molecule has 0 aliphatic rings. The van der Waals surface area contributed by atoms with Crippen molar-refractivity contribution in [3.8, 4) is 0 Å². The highest BCUT2D eigenvalue weighted by atomic mass is 16.5. The summed E-state index contributed by atoms with van der Waals surface area (Å²) in [5.74, 6) is 1.09. The lowest BCUT2D eigenvalue weighted by atomic mass is 9.78. The fourth-order valence-electron chi connectivity index (χ4n) is 3.84. The molecule has 4 nitrogen and oxygen atoms in total.